The van der Waals surface area contributed by atoms with Crippen LogP contribution in [-0.2, 0) is 4.79 Å². The lowest BCUT2D eigenvalue weighted by Crippen LogP contribution is -2.15. The Bertz CT molecular complexity index is 764. The second-order valence-electron chi connectivity index (χ2n) is 3.90. The van der Waals surface area contributed by atoms with E-state index in [0.717, 1.165) is 6.92 Å². The van der Waals surface area contributed by atoms with Gasteiger partial charge in [-0.15, -0.1) is 0 Å². The molecule has 1 heterocycles. The zero-order valence-electron chi connectivity index (χ0n) is 10.6. The third kappa shape index (κ3) is 2.30. The molecule has 0 aliphatic rings. The molecule has 1 aromatic heterocycles. The van der Waals surface area contributed by atoms with Crippen molar-refractivity contribution in [3.8, 4) is 11.5 Å². The van der Waals surface area contributed by atoms with Crippen molar-refractivity contribution in [2.24, 2.45) is 0 Å². The minimum absolute atomic E-state index is 0.0499. The highest BCUT2D eigenvalue weighted by molar-refractivity contribution is 5.89. The number of nitrogens with one attached hydrogen (secondary N) is 1. The van der Waals surface area contributed by atoms with Crippen LogP contribution in [0.5, 0.6) is 11.5 Å². The number of methoxy groups -OCH3 is 1. The van der Waals surface area contributed by atoms with Gasteiger partial charge in [0.15, 0.2) is 5.75 Å². The van der Waals surface area contributed by atoms with Crippen molar-refractivity contribution in [2.75, 3.05) is 7.11 Å². The van der Waals surface area contributed by atoms with Gasteiger partial charge in [0.2, 0.25) is 5.75 Å². The lowest BCUT2D eigenvalue weighted by atomic mass is 10.2. The molecule has 0 atom stereocenters. The number of carbonyl (C=O) groups excluding carboxylic acids is 1. The Balaban J connectivity index is 2.77. The third-order valence-corrected chi connectivity index (χ3v) is 2.57. The van der Waals surface area contributed by atoms with E-state index in [0.29, 0.717) is 5.39 Å². The van der Waals surface area contributed by atoms with Gasteiger partial charge in [-0.1, -0.05) is 0 Å². The molecule has 0 saturated carbocycles. The first-order valence-corrected chi connectivity index (χ1v) is 5.51. The normalized spacial score (nSPS) is 10.3. The van der Waals surface area contributed by atoms with E-state index in [-0.39, 0.29) is 22.7 Å². The van der Waals surface area contributed by atoms with Crippen molar-refractivity contribution in [1.29, 1.82) is 0 Å². The van der Waals surface area contributed by atoms with E-state index >= 15 is 0 Å². The summed E-state index contributed by atoms with van der Waals surface area (Å²) in [5, 5.41) is 11.1. The van der Waals surface area contributed by atoms with Crippen molar-refractivity contribution in [1.82, 2.24) is 4.98 Å². The maximum absolute atomic E-state index is 11.8. The molecule has 8 heteroatoms. The summed E-state index contributed by atoms with van der Waals surface area (Å²) in [6.07, 6.45) is 0. The van der Waals surface area contributed by atoms with E-state index in [9.17, 15) is 19.7 Å². The second kappa shape index (κ2) is 5.00. The molecular formula is C12H10N2O6. The fraction of sp³-hybridized carbons (Fsp3) is 0.167. The molecule has 0 spiro atoms. The molecular weight excluding hydrogens is 268 g/mol. The van der Waals surface area contributed by atoms with Gasteiger partial charge in [0, 0.05) is 24.4 Å². The molecule has 2 aromatic rings. The molecule has 2 rings (SSSR count). The van der Waals surface area contributed by atoms with Crippen molar-refractivity contribution in [2.45, 2.75) is 6.92 Å². The summed E-state index contributed by atoms with van der Waals surface area (Å²) in [5.74, 6) is -0.898. The highest BCUT2D eigenvalue weighted by Crippen LogP contribution is 2.32. The Morgan fingerprint density at radius 3 is 2.60 bits per heavy atom. The van der Waals surface area contributed by atoms with Crippen LogP contribution in [0.25, 0.3) is 10.9 Å². The van der Waals surface area contributed by atoms with Crippen LogP contribution in [0.4, 0.5) is 5.69 Å². The number of carbonyl (C=O) groups is 1. The molecule has 0 amide bonds. The molecule has 20 heavy (non-hydrogen) atoms. The fourth-order valence-electron chi connectivity index (χ4n) is 1.79. The monoisotopic (exact) mass is 278 g/mol. The van der Waals surface area contributed by atoms with Crippen LogP contribution in [0.3, 0.4) is 0 Å². The summed E-state index contributed by atoms with van der Waals surface area (Å²) in [7, 11) is 1.31. The Labute approximate surface area is 112 Å². The zero-order chi connectivity index (χ0) is 14.9. The summed E-state index contributed by atoms with van der Waals surface area (Å²) in [6.45, 7) is 1.15. The van der Waals surface area contributed by atoms with Crippen molar-refractivity contribution in [3.63, 3.8) is 0 Å². The SMILES string of the molecule is COc1c(OC(C)=O)c(=O)[nH]c2cc([N+](=O)[O-])ccc12. The topological polar surface area (TPSA) is 112 Å². The van der Waals surface area contributed by atoms with Gasteiger partial charge in [0.25, 0.3) is 11.2 Å². The van der Waals surface area contributed by atoms with E-state index in [1.54, 1.807) is 0 Å². The molecule has 0 unspecified atom stereocenters. The number of nitrogens with zero attached hydrogens (tertiary/aromatic N) is 1. The molecule has 1 N–H and O–H groups in total. The van der Waals surface area contributed by atoms with Crippen LogP contribution in [0.15, 0.2) is 23.0 Å². The molecule has 104 valence electrons. The number of fused-ring (bicyclic) bond motifs is 1. The van der Waals surface area contributed by atoms with Crippen molar-refractivity contribution >= 4 is 22.6 Å². The number of aromatic amines is 1. The van der Waals surface area contributed by atoms with Gasteiger partial charge in [0.1, 0.15) is 0 Å². The summed E-state index contributed by atoms with van der Waals surface area (Å²) in [6, 6.07) is 3.88. The molecule has 0 aliphatic heterocycles. The highest BCUT2D eigenvalue weighted by Gasteiger charge is 2.18. The number of rotatable bonds is 3. The summed E-state index contributed by atoms with van der Waals surface area (Å²) >= 11 is 0. The van der Waals surface area contributed by atoms with E-state index in [2.05, 4.69) is 4.98 Å². The van der Waals surface area contributed by atoms with Gasteiger partial charge >= 0.3 is 5.97 Å². The van der Waals surface area contributed by atoms with Crippen LogP contribution in [0, 0.1) is 10.1 Å². The number of H-pyrrole nitrogens is 1. The minimum atomic E-state index is -0.704. The average Bonchev–Trinajstić information content (AvgIpc) is 2.38. The third-order valence-electron chi connectivity index (χ3n) is 2.57. The first kappa shape index (κ1) is 13.5. The largest absolute Gasteiger partial charge is 0.492 e. The Morgan fingerprint density at radius 2 is 2.05 bits per heavy atom. The van der Waals surface area contributed by atoms with E-state index in [1.807, 2.05) is 0 Å². The van der Waals surface area contributed by atoms with Gasteiger partial charge in [-0.05, 0) is 6.07 Å². The molecule has 1 aromatic carbocycles. The molecule has 0 radical (unpaired) electrons. The summed E-state index contributed by atoms with van der Waals surface area (Å²) in [5.41, 5.74) is -0.655. The number of pyridine rings is 1. The van der Waals surface area contributed by atoms with Crippen molar-refractivity contribution < 1.29 is 19.2 Å². The van der Waals surface area contributed by atoms with Crippen LogP contribution < -0.4 is 15.0 Å². The molecule has 0 aliphatic carbocycles. The number of nitro groups is 1. The number of aromatic nitrogens is 1. The number of ether oxygens (including phenoxy) is 2. The highest BCUT2D eigenvalue weighted by atomic mass is 16.6. The predicted molar refractivity (Wildman–Crippen MR) is 69.1 cm³/mol. The second-order valence-corrected chi connectivity index (χ2v) is 3.90. The number of hydrogen-bond acceptors (Lipinski definition) is 6. The molecule has 0 bridgehead atoms. The van der Waals surface area contributed by atoms with Gasteiger partial charge in [-0.2, -0.15) is 0 Å². The number of hydrogen-bond donors (Lipinski definition) is 1. The number of non-ortho nitro benzene ring substituents is 1. The molecule has 8 nitrogen and oxygen atoms in total. The average molecular weight is 278 g/mol. The quantitative estimate of drug-likeness (QED) is 0.515. The Hall–Kier alpha value is -2.90. The van der Waals surface area contributed by atoms with Crippen LogP contribution >= 0.6 is 0 Å². The Morgan fingerprint density at radius 1 is 1.35 bits per heavy atom. The summed E-state index contributed by atoms with van der Waals surface area (Å²) in [4.78, 5) is 35.4. The van der Waals surface area contributed by atoms with Gasteiger partial charge < -0.3 is 14.5 Å². The maximum atomic E-state index is 11.8. The fourth-order valence-corrected chi connectivity index (χ4v) is 1.79. The van der Waals surface area contributed by atoms with Gasteiger partial charge in [0.05, 0.1) is 17.5 Å². The van der Waals surface area contributed by atoms with Gasteiger partial charge in [-0.3, -0.25) is 19.7 Å². The number of benzene rings is 1. The smallest absolute Gasteiger partial charge is 0.308 e. The van der Waals surface area contributed by atoms with E-state index < -0.39 is 16.5 Å². The summed E-state index contributed by atoms with van der Waals surface area (Å²) < 4.78 is 9.88. The van der Waals surface area contributed by atoms with E-state index in [1.165, 1.54) is 25.3 Å². The molecule has 0 saturated heterocycles. The predicted octanol–water partition coefficient (Wildman–Crippen LogP) is 1.37. The Kier molecular flexibility index (Phi) is 3.38. The number of nitro benzene ring substituents is 1. The zero-order valence-corrected chi connectivity index (χ0v) is 10.6. The molecule has 0 fully saturated rings. The van der Waals surface area contributed by atoms with E-state index in [4.69, 9.17) is 9.47 Å². The van der Waals surface area contributed by atoms with Crippen LogP contribution in [0.1, 0.15) is 6.92 Å². The number of esters is 1. The standard InChI is InChI=1S/C12H10N2O6/c1-6(15)20-11-10(19-2)8-4-3-7(14(17)18)5-9(8)13-12(11)16/h3-5H,1-2H3,(H,13,16). The van der Waals surface area contributed by atoms with Crippen LogP contribution in [0.2, 0.25) is 0 Å². The lowest BCUT2D eigenvalue weighted by Gasteiger charge is -2.10. The first-order chi connectivity index (χ1) is 9.43. The van der Waals surface area contributed by atoms with Crippen LogP contribution in [-0.4, -0.2) is 23.0 Å². The lowest BCUT2D eigenvalue weighted by molar-refractivity contribution is -0.384. The maximum Gasteiger partial charge on any atom is 0.308 e. The van der Waals surface area contributed by atoms with Gasteiger partial charge in [-0.25, -0.2) is 0 Å². The minimum Gasteiger partial charge on any atom is -0.492 e. The first-order valence-electron chi connectivity index (χ1n) is 5.51. The van der Waals surface area contributed by atoms with Crippen molar-refractivity contribution in [3.05, 3.63) is 38.7 Å².